The molecule has 0 saturated carbocycles. The van der Waals surface area contributed by atoms with Crippen LogP contribution in [0.25, 0.3) is 10.9 Å². The minimum atomic E-state index is -0.271. The fourth-order valence-corrected chi connectivity index (χ4v) is 2.56. The Kier molecular flexibility index (Phi) is 4.90. The minimum absolute atomic E-state index is 0.271. The summed E-state index contributed by atoms with van der Waals surface area (Å²) in [6, 6.07) is 16.7. The number of allylic oxidation sites excluding steroid dienone is 1. The second-order valence-electron chi connectivity index (χ2n) is 5.85. The predicted molar refractivity (Wildman–Crippen MR) is 100 cm³/mol. The first kappa shape index (κ1) is 17.1. The molecule has 2 aromatic carbocycles. The molecular formula is C20H18N4O2. The van der Waals surface area contributed by atoms with Gasteiger partial charge in [0.15, 0.2) is 6.73 Å². The topological polar surface area (TPSA) is 93.1 Å². The van der Waals surface area contributed by atoms with Crippen LogP contribution in [0.1, 0.15) is 12.5 Å². The summed E-state index contributed by atoms with van der Waals surface area (Å²) in [6.07, 6.45) is 3.25. The number of nitrogens with one attached hydrogen (secondary N) is 1. The average Bonchev–Trinajstić information content (AvgIpc) is 3.01. The van der Waals surface area contributed by atoms with Crippen molar-refractivity contribution in [1.29, 1.82) is 5.26 Å². The first-order valence-corrected chi connectivity index (χ1v) is 8.02. The van der Waals surface area contributed by atoms with E-state index in [4.69, 9.17) is 15.7 Å². The van der Waals surface area contributed by atoms with Gasteiger partial charge in [0.05, 0.1) is 17.1 Å². The molecule has 0 unspecified atom stereocenters. The third-order valence-electron chi connectivity index (χ3n) is 3.73. The van der Waals surface area contributed by atoms with E-state index in [-0.39, 0.29) is 12.6 Å². The number of hydrogen-bond acceptors (Lipinski definition) is 4. The Balaban J connectivity index is 1.78. The fraction of sp³-hybridized carbons (Fsp3) is 0.100. The molecule has 1 amide bonds. The van der Waals surface area contributed by atoms with E-state index in [0.717, 1.165) is 10.9 Å². The highest BCUT2D eigenvalue weighted by Crippen LogP contribution is 2.21. The number of ether oxygens (including phenoxy) is 1. The molecule has 0 bridgehead atoms. The summed E-state index contributed by atoms with van der Waals surface area (Å²) in [6.45, 7) is 1.95. The lowest BCUT2D eigenvalue weighted by Gasteiger charge is -2.10. The molecule has 3 aromatic rings. The summed E-state index contributed by atoms with van der Waals surface area (Å²) in [5.41, 5.74) is 8.11. The van der Waals surface area contributed by atoms with Gasteiger partial charge >= 0.3 is 0 Å². The number of carbonyl (C=O) groups excluding carboxylic acids is 1. The lowest BCUT2D eigenvalue weighted by atomic mass is 10.2. The Morgan fingerprint density at radius 3 is 2.92 bits per heavy atom. The van der Waals surface area contributed by atoms with E-state index >= 15 is 0 Å². The van der Waals surface area contributed by atoms with Crippen LogP contribution in [0, 0.1) is 11.3 Å². The van der Waals surface area contributed by atoms with E-state index in [1.807, 2.05) is 35.0 Å². The van der Waals surface area contributed by atoms with Gasteiger partial charge in [-0.15, -0.1) is 0 Å². The van der Waals surface area contributed by atoms with Gasteiger partial charge in [0.2, 0.25) is 5.91 Å². The number of anilines is 1. The van der Waals surface area contributed by atoms with Gasteiger partial charge in [0, 0.05) is 23.7 Å². The van der Waals surface area contributed by atoms with Gasteiger partial charge < -0.3 is 20.4 Å². The third-order valence-corrected chi connectivity index (χ3v) is 3.73. The Bertz CT molecular complexity index is 1020. The Morgan fingerprint density at radius 2 is 2.15 bits per heavy atom. The number of carbonyl (C=O) groups is 1. The van der Waals surface area contributed by atoms with Crippen LogP contribution < -0.4 is 15.8 Å². The highest BCUT2D eigenvalue weighted by atomic mass is 16.5. The van der Waals surface area contributed by atoms with Crippen molar-refractivity contribution in [3.63, 3.8) is 0 Å². The van der Waals surface area contributed by atoms with Crippen LogP contribution in [0.5, 0.6) is 5.75 Å². The van der Waals surface area contributed by atoms with Crippen LogP contribution >= 0.6 is 0 Å². The second-order valence-corrected chi connectivity index (χ2v) is 5.85. The average molecular weight is 346 g/mol. The second kappa shape index (κ2) is 7.45. The number of nitrogens with zero attached hydrogens (tertiary/aromatic N) is 2. The zero-order valence-electron chi connectivity index (χ0n) is 14.3. The smallest absolute Gasteiger partial charge is 0.250 e. The third kappa shape index (κ3) is 4.02. The first-order chi connectivity index (χ1) is 12.5. The predicted octanol–water partition coefficient (Wildman–Crippen LogP) is 3.35. The number of amides is 1. The van der Waals surface area contributed by atoms with Crippen LogP contribution in [-0.2, 0) is 11.5 Å². The van der Waals surface area contributed by atoms with Crippen molar-refractivity contribution in [3.05, 3.63) is 72.1 Å². The van der Waals surface area contributed by atoms with Crippen LogP contribution in [0.4, 0.5) is 5.69 Å². The Morgan fingerprint density at radius 1 is 1.31 bits per heavy atom. The maximum atomic E-state index is 11.8. The summed E-state index contributed by atoms with van der Waals surface area (Å²) < 4.78 is 7.70. The zero-order chi connectivity index (χ0) is 18.5. The SMILES string of the molecule is CC(N)=CC(=O)Nc1ccc2ccn(COc3cccc(C#N)c3)c2c1. The van der Waals surface area contributed by atoms with Crippen LogP contribution in [0.2, 0.25) is 0 Å². The van der Waals surface area contributed by atoms with Crippen LogP contribution in [0.3, 0.4) is 0 Å². The Labute approximate surface area is 151 Å². The molecule has 1 aromatic heterocycles. The quantitative estimate of drug-likeness (QED) is 0.693. The number of benzene rings is 2. The van der Waals surface area contributed by atoms with E-state index in [1.54, 1.807) is 31.2 Å². The lowest BCUT2D eigenvalue weighted by Crippen LogP contribution is -2.10. The van der Waals surface area contributed by atoms with Gasteiger partial charge in [0.1, 0.15) is 5.75 Å². The van der Waals surface area contributed by atoms with E-state index in [0.29, 0.717) is 22.7 Å². The van der Waals surface area contributed by atoms with Crippen molar-refractivity contribution in [2.75, 3.05) is 5.32 Å². The number of fused-ring (bicyclic) bond motifs is 1. The number of nitrogens with two attached hydrogens (primary N) is 1. The van der Waals surface area contributed by atoms with E-state index in [9.17, 15) is 4.79 Å². The summed E-state index contributed by atoms with van der Waals surface area (Å²) in [7, 11) is 0. The highest BCUT2D eigenvalue weighted by Gasteiger charge is 2.05. The van der Waals surface area contributed by atoms with Crippen molar-refractivity contribution in [1.82, 2.24) is 4.57 Å². The van der Waals surface area contributed by atoms with Gasteiger partial charge in [-0.25, -0.2) is 0 Å². The maximum Gasteiger partial charge on any atom is 0.250 e. The minimum Gasteiger partial charge on any atom is -0.473 e. The normalized spacial score (nSPS) is 11.2. The number of nitriles is 1. The van der Waals surface area contributed by atoms with E-state index in [2.05, 4.69) is 11.4 Å². The first-order valence-electron chi connectivity index (χ1n) is 8.02. The molecule has 0 aliphatic rings. The molecule has 3 N–H and O–H groups in total. The number of hydrogen-bond donors (Lipinski definition) is 2. The maximum absolute atomic E-state index is 11.8. The van der Waals surface area contributed by atoms with Crippen LogP contribution in [-0.4, -0.2) is 10.5 Å². The largest absolute Gasteiger partial charge is 0.473 e. The van der Waals surface area contributed by atoms with Gasteiger partial charge in [-0.2, -0.15) is 5.26 Å². The molecule has 6 nitrogen and oxygen atoms in total. The molecule has 0 radical (unpaired) electrons. The standard InChI is InChI=1S/C20H18N4O2/c1-14(22)9-20(25)23-17-6-5-16-7-8-24(19(16)11-17)13-26-18-4-2-3-15(10-18)12-21/h2-11H,13,22H2,1H3,(H,23,25). The van der Waals surface area contributed by atoms with Gasteiger partial charge in [0.25, 0.3) is 0 Å². The Hall–Kier alpha value is -3.72. The number of aromatic nitrogens is 1. The van der Waals surface area contributed by atoms with Gasteiger partial charge in [-0.3, -0.25) is 4.79 Å². The van der Waals surface area contributed by atoms with Gasteiger partial charge in [-0.05, 0) is 48.7 Å². The fourth-order valence-electron chi connectivity index (χ4n) is 2.56. The molecular weight excluding hydrogens is 328 g/mol. The highest BCUT2D eigenvalue weighted by molar-refractivity contribution is 6.00. The molecule has 0 spiro atoms. The van der Waals surface area contributed by atoms with Crippen molar-refractivity contribution < 1.29 is 9.53 Å². The van der Waals surface area contributed by atoms with Crippen LogP contribution in [0.15, 0.2) is 66.5 Å². The molecule has 26 heavy (non-hydrogen) atoms. The zero-order valence-corrected chi connectivity index (χ0v) is 14.3. The molecule has 0 fully saturated rings. The molecule has 3 rings (SSSR count). The molecule has 0 saturated heterocycles. The molecule has 130 valence electrons. The molecule has 0 atom stereocenters. The van der Waals surface area contributed by atoms with Crippen molar-refractivity contribution in [2.24, 2.45) is 5.73 Å². The molecule has 0 aliphatic carbocycles. The summed E-state index contributed by atoms with van der Waals surface area (Å²) >= 11 is 0. The van der Waals surface area contributed by atoms with Crippen molar-refractivity contribution in [3.8, 4) is 11.8 Å². The summed E-state index contributed by atoms with van der Waals surface area (Å²) in [5, 5.41) is 12.8. The molecule has 6 heteroatoms. The monoisotopic (exact) mass is 346 g/mol. The van der Waals surface area contributed by atoms with Crippen molar-refractivity contribution >= 4 is 22.5 Å². The number of rotatable bonds is 5. The lowest BCUT2D eigenvalue weighted by molar-refractivity contribution is -0.111. The van der Waals surface area contributed by atoms with E-state index < -0.39 is 0 Å². The summed E-state index contributed by atoms with van der Waals surface area (Å²) in [4.78, 5) is 11.8. The van der Waals surface area contributed by atoms with Crippen molar-refractivity contribution in [2.45, 2.75) is 13.7 Å². The van der Waals surface area contributed by atoms with Gasteiger partial charge in [-0.1, -0.05) is 12.1 Å². The van der Waals surface area contributed by atoms with E-state index in [1.165, 1.54) is 6.08 Å². The summed E-state index contributed by atoms with van der Waals surface area (Å²) in [5.74, 6) is 0.353. The molecule has 0 aliphatic heterocycles. The molecule has 1 heterocycles.